The second-order valence-corrected chi connectivity index (χ2v) is 10.3. The summed E-state index contributed by atoms with van der Waals surface area (Å²) in [6.45, 7) is 0. The summed E-state index contributed by atoms with van der Waals surface area (Å²) < 4.78 is 0. The van der Waals surface area contributed by atoms with Gasteiger partial charge in [-0.05, 0) is 25.7 Å². The van der Waals surface area contributed by atoms with Crippen molar-refractivity contribution in [2.75, 3.05) is 0 Å². The molecule has 3 saturated carbocycles. The van der Waals surface area contributed by atoms with E-state index < -0.39 is 23.7 Å². The zero-order valence-electron chi connectivity index (χ0n) is 17.4. The Labute approximate surface area is 177 Å². The molecule has 2 unspecified atom stereocenters. The van der Waals surface area contributed by atoms with Gasteiger partial charge in [0.15, 0.2) is 0 Å². The molecular weight excluding hydrogens is 380 g/mol. The fourth-order valence-electron chi connectivity index (χ4n) is 7.67. The molecule has 5 fully saturated rings. The number of hydrogen-bond donors (Lipinski definition) is 0. The Morgan fingerprint density at radius 3 is 1.10 bits per heavy atom. The molecule has 4 amide bonds. The van der Waals surface area contributed by atoms with Gasteiger partial charge in [0.1, 0.15) is 0 Å². The highest BCUT2D eigenvalue weighted by Gasteiger charge is 2.69. The Kier molecular flexibility index (Phi) is 4.23. The molecule has 7 aliphatic rings. The monoisotopic (exact) mass is 410 g/mol. The van der Waals surface area contributed by atoms with Gasteiger partial charge in [0.25, 0.3) is 0 Å². The summed E-state index contributed by atoms with van der Waals surface area (Å²) in [5.41, 5.74) is 0. The maximum absolute atomic E-state index is 13.5. The summed E-state index contributed by atoms with van der Waals surface area (Å²) in [6, 6.07) is 0.0162. The van der Waals surface area contributed by atoms with Crippen LogP contribution < -0.4 is 0 Å². The van der Waals surface area contributed by atoms with E-state index in [9.17, 15) is 19.2 Å². The Balaban J connectivity index is 1.33. The summed E-state index contributed by atoms with van der Waals surface area (Å²) in [4.78, 5) is 56.9. The molecule has 2 saturated heterocycles. The van der Waals surface area contributed by atoms with Crippen LogP contribution in [0.4, 0.5) is 0 Å². The number of allylic oxidation sites excluding steroid dienone is 2. The first-order valence-electron chi connectivity index (χ1n) is 12.0. The normalized spacial score (nSPS) is 41.7. The van der Waals surface area contributed by atoms with Crippen LogP contribution in [0.3, 0.4) is 0 Å². The molecule has 0 radical (unpaired) electrons. The predicted molar refractivity (Wildman–Crippen MR) is 108 cm³/mol. The third-order valence-electron chi connectivity index (χ3n) is 8.96. The summed E-state index contributed by atoms with van der Waals surface area (Å²) in [5.74, 6) is -2.70. The lowest BCUT2D eigenvalue weighted by molar-refractivity contribution is -0.143. The molecule has 0 spiro atoms. The highest BCUT2D eigenvalue weighted by atomic mass is 16.2. The van der Waals surface area contributed by atoms with Gasteiger partial charge in [0, 0.05) is 23.9 Å². The van der Waals surface area contributed by atoms with Gasteiger partial charge < -0.3 is 0 Å². The van der Waals surface area contributed by atoms with Crippen molar-refractivity contribution in [2.24, 2.45) is 35.5 Å². The summed E-state index contributed by atoms with van der Waals surface area (Å²) >= 11 is 0. The molecule has 2 heterocycles. The van der Waals surface area contributed by atoms with Gasteiger partial charge in [-0.3, -0.25) is 29.0 Å². The fourth-order valence-corrected chi connectivity index (χ4v) is 7.67. The molecule has 0 aromatic carbocycles. The highest BCUT2D eigenvalue weighted by Crippen LogP contribution is 2.58. The maximum Gasteiger partial charge on any atom is 0.233 e. The van der Waals surface area contributed by atoms with Crippen LogP contribution in [0.2, 0.25) is 0 Å². The summed E-state index contributed by atoms with van der Waals surface area (Å²) in [5, 5.41) is 0. The van der Waals surface area contributed by atoms with Crippen molar-refractivity contribution in [1.29, 1.82) is 0 Å². The van der Waals surface area contributed by atoms with Gasteiger partial charge in [-0.15, -0.1) is 0 Å². The average Bonchev–Trinajstić information content (AvgIpc) is 3.22. The van der Waals surface area contributed by atoms with Gasteiger partial charge in [-0.1, -0.05) is 50.7 Å². The number of likely N-dealkylation sites (tertiary alicyclic amines) is 2. The van der Waals surface area contributed by atoms with Crippen LogP contribution in [0.5, 0.6) is 0 Å². The van der Waals surface area contributed by atoms with Crippen molar-refractivity contribution in [2.45, 2.75) is 76.3 Å². The first kappa shape index (κ1) is 18.8. The van der Waals surface area contributed by atoms with E-state index in [1.165, 1.54) is 0 Å². The smallest absolute Gasteiger partial charge is 0.233 e. The number of carbonyl (C=O) groups is 4. The predicted octanol–water partition coefficient (Wildman–Crippen LogP) is 2.67. The van der Waals surface area contributed by atoms with E-state index in [0.29, 0.717) is 0 Å². The summed E-state index contributed by atoms with van der Waals surface area (Å²) in [7, 11) is 0. The van der Waals surface area contributed by atoms with Crippen molar-refractivity contribution in [3.63, 3.8) is 0 Å². The van der Waals surface area contributed by atoms with Crippen molar-refractivity contribution in [1.82, 2.24) is 9.80 Å². The van der Waals surface area contributed by atoms with Crippen molar-refractivity contribution in [3.05, 3.63) is 12.2 Å². The highest BCUT2D eigenvalue weighted by molar-refractivity contribution is 6.11. The van der Waals surface area contributed by atoms with E-state index >= 15 is 0 Å². The molecular formula is C24H30N2O4. The number of carbonyl (C=O) groups excluding carboxylic acids is 4. The number of hydrogen-bond acceptors (Lipinski definition) is 4. The first-order chi connectivity index (χ1) is 14.6. The van der Waals surface area contributed by atoms with E-state index in [2.05, 4.69) is 0 Å². The average molecular weight is 411 g/mol. The number of imide groups is 2. The van der Waals surface area contributed by atoms with E-state index in [1.807, 2.05) is 12.2 Å². The molecule has 6 heteroatoms. The molecule has 6 atom stereocenters. The standard InChI is InChI=1S/C24H30N2O4/c27-21-17-15-11-12-16(18(17)22(28)25(21)13-7-3-1-4-8-13)20-19(15)23(29)26(24(20)30)14-9-5-2-6-10-14/h11-20H,1-10H2/t15?,16?,17-,18+,19+,20-. The van der Waals surface area contributed by atoms with E-state index in [-0.39, 0.29) is 47.5 Å². The topological polar surface area (TPSA) is 74.8 Å². The van der Waals surface area contributed by atoms with Crippen LogP contribution in [-0.2, 0) is 19.2 Å². The van der Waals surface area contributed by atoms with Crippen LogP contribution in [-0.4, -0.2) is 45.5 Å². The SMILES string of the molecule is O=C1[C@@H]2C3C=CC([C@H]4C(=O)N(C5CCCCC5)C(=O)[C@@H]34)[C@@H]2C(=O)N1C1CCCCC1. The Morgan fingerprint density at radius 2 is 0.800 bits per heavy atom. The lowest BCUT2D eigenvalue weighted by Gasteiger charge is -2.44. The third-order valence-corrected chi connectivity index (χ3v) is 8.96. The largest absolute Gasteiger partial charge is 0.279 e. The van der Waals surface area contributed by atoms with E-state index in [1.54, 1.807) is 9.80 Å². The van der Waals surface area contributed by atoms with Crippen LogP contribution in [0.15, 0.2) is 12.2 Å². The Morgan fingerprint density at radius 1 is 0.500 bits per heavy atom. The molecule has 2 bridgehead atoms. The first-order valence-corrected chi connectivity index (χ1v) is 12.0. The zero-order chi connectivity index (χ0) is 20.6. The molecule has 30 heavy (non-hydrogen) atoms. The molecule has 7 rings (SSSR count). The number of rotatable bonds is 2. The fraction of sp³-hybridized carbons (Fsp3) is 0.750. The van der Waals surface area contributed by atoms with E-state index in [0.717, 1.165) is 64.2 Å². The van der Waals surface area contributed by atoms with Crippen molar-refractivity contribution >= 4 is 23.6 Å². The minimum atomic E-state index is -0.446. The molecule has 160 valence electrons. The third kappa shape index (κ3) is 2.36. The molecule has 0 aromatic heterocycles. The lowest BCUT2D eigenvalue weighted by atomic mass is 9.54. The van der Waals surface area contributed by atoms with Crippen molar-refractivity contribution in [3.8, 4) is 0 Å². The number of amides is 4. The van der Waals surface area contributed by atoms with Crippen molar-refractivity contribution < 1.29 is 19.2 Å². The van der Waals surface area contributed by atoms with Crippen LogP contribution >= 0.6 is 0 Å². The Hall–Kier alpha value is -1.98. The van der Waals surface area contributed by atoms with Crippen LogP contribution in [0.25, 0.3) is 0 Å². The van der Waals surface area contributed by atoms with Gasteiger partial charge in [-0.25, -0.2) is 0 Å². The second-order valence-electron chi connectivity index (χ2n) is 10.3. The lowest BCUT2D eigenvalue weighted by Crippen LogP contribution is -2.50. The zero-order valence-corrected chi connectivity index (χ0v) is 17.4. The van der Waals surface area contributed by atoms with Gasteiger partial charge in [0.2, 0.25) is 23.6 Å². The quantitative estimate of drug-likeness (QED) is 0.518. The molecule has 5 aliphatic carbocycles. The van der Waals surface area contributed by atoms with Gasteiger partial charge in [0.05, 0.1) is 23.7 Å². The van der Waals surface area contributed by atoms with Gasteiger partial charge in [-0.2, -0.15) is 0 Å². The minimum absolute atomic E-state index is 0.00808. The number of nitrogens with zero attached hydrogens (tertiary/aromatic N) is 2. The van der Waals surface area contributed by atoms with Crippen LogP contribution in [0, 0.1) is 35.5 Å². The molecule has 0 N–H and O–H groups in total. The molecule has 2 aliphatic heterocycles. The van der Waals surface area contributed by atoms with E-state index in [4.69, 9.17) is 0 Å². The summed E-state index contributed by atoms with van der Waals surface area (Å²) in [6.07, 6.45) is 14.1. The van der Waals surface area contributed by atoms with Crippen LogP contribution in [0.1, 0.15) is 64.2 Å². The molecule has 6 nitrogen and oxygen atoms in total. The minimum Gasteiger partial charge on any atom is -0.279 e. The second kappa shape index (κ2) is 6.76. The van der Waals surface area contributed by atoms with Gasteiger partial charge >= 0.3 is 0 Å². The maximum atomic E-state index is 13.5. The Bertz CT molecular complexity index is 726. The molecule has 0 aromatic rings.